The summed E-state index contributed by atoms with van der Waals surface area (Å²) in [6.45, 7) is 5.43. The summed E-state index contributed by atoms with van der Waals surface area (Å²) in [6.07, 6.45) is 7.51. The van der Waals surface area contributed by atoms with Crippen LogP contribution in [0.3, 0.4) is 0 Å². The van der Waals surface area contributed by atoms with E-state index in [0.717, 1.165) is 31.1 Å². The van der Waals surface area contributed by atoms with Crippen molar-refractivity contribution >= 4 is 0 Å². The first kappa shape index (κ1) is 12.6. The Morgan fingerprint density at radius 2 is 2.35 bits per heavy atom. The Bertz CT molecular complexity index is 347. The summed E-state index contributed by atoms with van der Waals surface area (Å²) in [4.78, 5) is 4.34. The van der Waals surface area contributed by atoms with Crippen LogP contribution in [0.2, 0.25) is 0 Å². The van der Waals surface area contributed by atoms with Gasteiger partial charge >= 0.3 is 0 Å². The van der Waals surface area contributed by atoms with E-state index in [1.54, 1.807) is 6.33 Å². The lowest BCUT2D eigenvalue weighted by molar-refractivity contribution is 0.401. The van der Waals surface area contributed by atoms with Crippen molar-refractivity contribution in [3.05, 3.63) is 12.2 Å². The molecule has 1 fully saturated rings. The van der Waals surface area contributed by atoms with Crippen molar-refractivity contribution < 1.29 is 0 Å². The number of aryl methyl sites for hydroxylation is 1. The van der Waals surface area contributed by atoms with Gasteiger partial charge in [-0.05, 0) is 31.1 Å². The van der Waals surface area contributed by atoms with E-state index in [0.29, 0.717) is 5.92 Å². The van der Waals surface area contributed by atoms with Crippen molar-refractivity contribution in [3.63, 3.8) is 0 Å². The number of nitrogens with two attached hydrogens (primary N) is 1. The first-order valence-electron chi connectivity index (χ1n) is 6.83. The van der Waals surface area contributed by atoms with Gasteiger partial charge in [-0.3, -0.25) is 4.68 Å². The van der Waals surface area contributed by atoms with Gasteiger partial charge in [0.2, 0.25) is 0 Å². The predicted molar refractivity (Wildman–Crippen MR) is 68.5 cm³/mol. The van der Waals surface area contributed by atoms with Crippen molar-refractivity contribution in [1.29, 1.82) is 0 Å². The van der Waals surface area contributed by atoms with Gasteiger partial charge in [-0.1, -0.05) is 20.3 Å². The molecule has 1 aliphatic carbocycles. The molecule has 1 aromatic heterocycles. The van der Waals surface area contributed by atoms with Crippen molar-refractivity contribution in [3.8, 4) is 0 Å². The fourth-order valence-corrected chi connectivity index (χ4v) is 2.86. The van der Waals surface area contributed by atoms with E-state index in [1.807, 2.05) is 4.68 Å². The van der Waals surface area contributed by atoms with Crippen molar-refractivity contribution in [2.45, 2.75) is 58.5 Å². The number of hydrogen-bond acceptors (Lipinski definition) is 3. The van der Waals surface area contributed by atoms with Gasteiger partial charge in [0.05, 0.1) is 0 Å². The lowest BCUT2D eigenvalue weighted by Crippen LogP contribution is -2.32. The zero-order chi connectivity index (χ0) is 12.3. The van der Waals surface area contributed by atoms with Crippen LogP contribution in [0.4, 0.5) is 0 Å². The number of nitrogens with zero attached hydrogens (tertiary/aromatic N) is 3. The highest BCUT2D eigenvalue weighted by atomic mass is 15.3. The van der Waals surface area contributed by atoms with E-state index in [2.05, 4.69) is 23.9 Å². The Morgan fingerprint density at radius 1 is 1.53 bits per heavy atom. The zero-order valence-electron chi connectivity index (χ0n) is 11.0. The minimum absolute atomic E-state index is 0.250. The minimum Gasteiger partial charge on any atom is -0.327 e. The second-order valence-corrected chi connectivity index (χ2v) is 5.45. The van der Waals surface area contributed by atoms with Crippen molar-refractivity contribution in [2.24, 2.45) is 17.6 Å². The molecular weight excluding hydrogens is 212 g/mol. The number of hydrogen-bond donors (Lipinski definition) is 1. The van der Waals surface area contributed by atoms with Gasteiger partial charge in [-0.2, -0.15) is 5.10 Å². The molecule has 96 valence electrons. The maximum atomic E-state index is 6.32. The van der Waals surface area contributed by atoms with Crippen LogP contribution in [-0.2, 0) is 13.0 Å². The Morgan fingerprint density at radius 3 is 3.00 bits per heavy atom. The standard InChI is InChI=1S/C13H24N4/c1-3-6-17-13(15-9-16-17)8-12(14)11-5-4-10(2)7-11/h9-12H,3-8,14H2,1-2H3. The fraction of sp³-hybridized carbons (Fsp3) is 0.846. The molecule has 0 amide bonds. The normalized spacial score (nSPS) is 26.3. The third-order valence-electron chi connectivity index (χ3n) is 3.89. The van der Waals surface area contributed by atoms with Gasteiger partial charge in [-0.15, -0.1) is 0 Å². The average molecular weight is 236 g/mol. The smallest absolute Gasteiger partial charge is 0.138 e. The molecule has 0 radical (unpaired) electrons. The second kappa shape index (κ2) is 5.63. The molecular formula is C13H24N4. The molecule has 0 aromatic carbocycles. The van der Waals surface area contributed by atoms with Crippen LogP contribution in [0.25, 0.3) is 0 Å². The van der Waals surface area contributed by atoms with Crippen molar-refractivity contribution in [1.82, 2.24) is 14.8 Å². The lowest BCUT2D eigenvalue weighted by Gasteiger charge is -2.18. The van der Waals surface area contributed by atoms with Gasteiger partial charge in [0.1, 0.15) is 12.2 Å². The van der Waals surface area contributed by atoms with E-state index in [9.17, 15) is 0 Å². The molecule has 3 unspecified atom stereocenters. The summed E-state index contributed by atoms with van der Waals surface area (Å²) >= 11 is 0. The van der Waals surface area contributed by atoms with Crippen LogP contribution in [0.5, 0.6) is 0 Å². The maximum absolute atomic E-state index is 6.32. The van der Waals surface area contributed by atoms with E-state index in [1.165, 1.54) is 19.3 Å². The molecule has 1 aliphatic rings. The molecule has 0 saturated heterocycles. The van der Waals surface area contributed by atoms with Gasteiger partial charge in [0, 0.05) is 19.0 Å². The Kier molecular flexibility index (Phi) is 4.15. The molecule has 0 bridgehead atoms. The largest absolute Gasteiger partial charge is 0.327 e. The number of aromatic nitrogens is 3. The highest BCUT2D eigenvalue weighted by Gasteiger charge is 2.27. The molecule has 0 spiro atoms. The maximum Gasteiger partial charge on any atom is 0.138 e. The van der Waals surface area contributed by atoms with Crippen molar-refractivity contribution in [2.75, 3.05) is 0 Å². The van der Waals surface area contributed by atoms with Gasteiger partial charge < -0.3 is 5.73 Å². The Labute approximate surface area is 104 Å². The van der Waals surface area contributed by atoms with Gasteiger partial charge in [0.25, 0.3) is 0 Å². The molecule has 1 saturated carbocycles. The van der Waals surface area contributed by atoms with Crippen LogP contribution in [-0.4, -0.2) is 20.8 Å². The summed E-state index contributed by atoms with van der Waals surface area (Å²) in [5.41, 5.74) is 6.32. The molecule has 3 atom stereocenters. The molecule has 4 heteroatoms. The first-order chi connectivity index (χ1) is 8.20. The topological polar surface area (TPSA) is 56.7 Å². The minimum atomic E-state index is 0.250. The van der Waals surface area contributed by atoms with Crippen LogP contribution < -0.4 is 5.73 Å². The molecule has 2 rings (SSSR count). The van der Waals surface area contributed by atoms with Crippen LogP contribution >= 0.6 is 0 Å². The zero-order valence-corrected chi connectivity index (χ0v) is 11.0. The summed E-state index contributed by atoms with van der Waals surface area (Å²) in [6, 6.07) is 0.250. The SMILES string of the molecule is CCCn1ncnc1CC(N)C1CCC(C)C1. The molecule has 0 aliphatic heterocycles. The molecule has 1 heterocycles. The van der Waals surface area contributed by atoms with E-state index in [-0.39, 0.29) is 6.04 Å². The van der Waals surface area contributed by atoms with Gasteiger partial charge in [0.15, 0.2) is 0 Å². The molecule has 2 N–H and O–H groups in total. The van der Waals surface area contributed by atoms with E-state index < -0.39 is 0 Å². The molecule has 1 aromatic rings. The summed E-state index contributed by atoms with van der Waals surface area (Å²) < 4.78 is 2.00. The summed E-state index contributed by atoms with van der Waals surface area (Å²) in [5.74, 6) is 2.58. The van der Waals surface area contributed by atoms with E-state index >= 15 is 0 Å². The van der Waals surface area contributed by atoms with Crippen LogP contribution in [0.1, 0.15) is 45.4 Å². The highest BCUT2D eigenvalue weighted by Crippen LogP contribution is 2.32. The monoisotopic (exact) mass is 236 g/mol. The third-order valence-corrected chi connectivity index (χ3v) is 3.89. The summed E-state index contributed by atoms with van der Waals surface area (Å²) in [5, 5.41) is 4.25. The van der Waals surface area contributed by atoms with E-state index in [4.69, 9.17) is 5.73 Å². The summed E-state index contributed by atoms with van der Waals surface area (Å²) in [7, 11) is 0. The lowest BCUT2D eigenvalue weighted by atomic mass is 9.95. The fourth-order valence-electron chi connectivity index (χ4n) is 2.86. The number of rotatable bonds is 5. The third kappa shape index (κ3) is 3.06. The van der Waals surface area contributed by atoms with Crippen LogP contribution in [0.15, 0.2) is 6.33 Å². The Balaban J connectivity index is 1.93. The predicted octanol–water partition coefficient (Wildman–Crippen LogP) is 1.99. The first-order valence-corrected chi connectivity index (χ1v) is 6.83. The molecule has 4 nitrogen and oxygen atoms in total. The Hall–Kier alpha value is -0.900. The highest BCUT2D eigenvalue weighted by molar-refractivity contribution is 4.92. The second-order valence-electron chi connectivity index (χ2n) is 5.45. The average Bonchev–Trinajstić information content (AvgIpc) is 2.89. The molecule has 17 heavy (non-hydrogen) atoms. The van der Waals surface area contributed by atoms with Gasteiger partial charge in [-0.25, -0.2) is 4.98 Å². The van der Waals surface area contributed by atoms with Crippen LogP contribution in [0, 0.1) is 11.8 Å². The quantitative estimate of drug-likeness (QED) is 0.850.